The third-order valence-corrected chi connectivity index (χ3v) is 3.33. The molecule has 1 saturated heterocycles. The quantitative estimate of drug-likeness (QED) is 0.654. The molecule has 1 aliphatic rings. The molecule has 1 unspecified atom stereocenters. The molecule has 0 aliphatic carbocycles. The van der Waals surface area contributed by atoms with E-state index in [2.05, 4.69) is 17.1 Å². The van der Waals surface area contributed by atoms with Crippen molar-refractivity contribution in [2.24, 2.45) is 0 Å². The van der Waals surface area contributed by atoms with E-state index in [1.807, 2.05) is 12.1 Å². The van der Waals surface area contributed by atoms with Crippen LogP contribution in [0.25, 0.3) is 0 Å². The number of rotatable bonds is 3. The number of piperazine rings is 1. The second kappa shape index (κ2) is 5.46. The summed E-state index contributed by atoms with van der Waals surface area (Å²) in [7, 11) is 0. The van der Waals surface area contributed by atoms with Gasteiger partial charge in [-0.15, -0.1) is 0 Å². The fourth-order valence-electron chi connectivity index (χ4n) is 2.36. The van der Waals surface area contributed by atoms with Gasteiger partial charge in [0, 0.05) is 43.9 Å². The van der Waals surface area contributed by atoms with Gasteiger partial charge in [0.1, 0.15) is 0 Å². The van der Waals surface area contributed by atoms with Gasteiger partial charge < -0.3 is 5.32 Å². The molecule has 0 radical (unpaired) electrons. The molecule has 1 aromatic carbocycles. The summed E-state index contributed by atoms with van der Waals surface area (Å²) in [5.41, 5.74) is 1.95. The maximum Gasteiger partial charge on any atom is 0.272 e. The Hall–Kier alpha value is -1.46. The fourth-order valence-corrected chi connectivity index (χ4v) is 2.36. The van der Waals surface area contributed by atoms with Gasteiger partial charge >= 0.3 is 0 Å². The Kier molecular flexibility index (Phi) is 3.93. The van der Waals surface area contributed by atoms with Crippen LogP contribution in [0.2, 0.25) is 0 Å². The van der Waals surface area contributed by atoms with Crippen molar-refractivity contribution >= 4 is 5.69 Å². The van der Waals surface area contributed by atoms with Crippen LogP contribution >= 0.6 is 0 Å². The van der Waals surface area contributed by atoms with Crippen molar-refractivity contribution in [2.75, 3.05) is 19.6 Å². The first kappa shape index (κ1) is 13.0. The van der Waals surface area contributed by atoms with Crippen LogP contribution in [0.15, 0.2) is 18.2 Å². The molecule has 2 rings (SSSR count). The number of nitro benzene ring substituents is 1. The van der Waals surface area contributed by atoms with E-state index in [0.29, 0.717) is 6.04 Å². The largest absolute Gasteiger partial charge is 0.312 e. The van der Waals surface area contributed by atoms with E-state index < -0.39 is 0 Å². The zero-order valence-corrected chi connectivity index (χ0v) is 10.8. The Labute approximate surface area is 107 Å². The molecule has 1 aliphatic heterocycles. The van der Waals surface area contributed by atoms with Crippen molar-refractivity contribution in [3.63, 3.8) is 0 Å². The molecule has 0 aromatic heterocycles. The summed E-state index contributed by atoms with van der Waals surface area (Å²) in [4.78, 5) is 12.9. The standard InChI is InChI=1S/C13H19N3O2/c1-10-3-4-12(7-13(10)16(17)18)9-15-6-5-14-11(2)8-15/h3-4,7,11,14H,5-6,8-9H2,1-2H3. The Balaban J connectivity index is 2.09. The van der Waals surface area contributed by atoms with E-state index in [1.165, 1.54) is 0 Å². The van der Waals surface area contributed by atoms with Gasteiger partial charge in [-0.05, 0) is 19.4 Å². The lowest BCUT2D eigenvalue weighted by Gasteiger charge is -2.31. The molecule has 0 bridgehead atoms. The number of nitrogens with zero attached hydrogens (tertiary/aromatic N) is 2. The minimum atomic E-state index is -0.306. The molecular weight excluding hydrogens is 230 g/mol. The van der Waals surface area contributed by atoms with Crippen LogP contribution in [0, 0.1) is 17.0 Å². The molecule has 0 spiro atoms. The van der Waals surface area contributed by atoms with Gasteiger partial charge in [0.2, 0.25) is 0 Å². The SMILES string of the molecule is Cc1ccc(CN2CCNC(C)C2)cc1[N+](=O)[O-]. The van der Waals surface area contributed by atoms with Crippen molar-refractivity contribution < 1.29 is 4.92 Å². The lowest BCUT2D eigenvalue weighted by atomic mass is 10.1. The zero-order valence-electron chi connectivity index (χ0n) is 10.8. The van der Waals surface area contributed by atoms with Crippen LogP contribution in [0.5, 0.6) is 0 Å². The first-order valence-electron chi connectivity index (χ1n) is 6.26. The minimum Gasteiger partial charge on any atom is -0.312 e. The first-order valence-corrected chi connectivity index (χ1v) is 6.26. The molecule has 1 N–H and O–H groups in total. The maximum absolute atomic E-state index is 10.9. The average Bonchev–Trinajstić information content (AvgIpc) is 2.31. The number of hydrogen-bond acceptors (Lipinski definition) is 4. The molecule has 1 fully saturated rings. The van der Waals surface area contributed by atoms with Crippen molar-refractivity contribution in [1.82, 2.24) is 10.2 Å². The van der Waals surface area contributed by atoms with Gasteiger partial charge in [-0.2, -0.15) is 0 Å². The number of nitrogens with one attached hydrogen (secondary N) is 1. The summed E-state index contributed by atoms with van der Waals surface area (Å²) in [6, 6.07) is 6.00. The first-order chi connectivity index (χ1) is 8.56. The van der Waals surface area contributed by atoms with E-state index in [4.69, 9.17) is 0 Å². The van der Waals surface area contributed by atoms with Crippen LogP contribution in [0.4, 0.5) is 5.69 Å². The Morgan fingerprint density at radius 3 is 3.00 bits per heavy atom. The number of nitro groups is 1. The summed E-state index contributed by atoms with van der Waals surface area (Å²) in [6.07, 6.45) is 0. The fraction of sp³-hybridized carbons (Fsp3) is 0.538. The van der Waals surface area contributed by atoms with Gasteiger partial charge in [0.25, 0.3) is 5.69 Å². The smallest absolute Gasteiger partial charge is 0.272 e. The van der Waals surface area contributed by atoms with E-state index >= 15 is 0 Å². The van der Waals surface area contributed by atoms with Crippen molar-refractivity contribution in [2.45, 2.75) is 26.4 Å². The molecular formula is C13H19N3O2. The maximum atomic E-state index is 10.9. The highest BCUT2D eigenvalue weighted by atomic mass is 16.6. The Morgan fingerprint density at radius 1 is 1.56 bits per heavy atom. The zero-order chi connectivity index (χ0) is 13.1. The number of hydrogen-bond donors (Lipinski definition) is 1. The second-order valence-corrected chi connectivity index (χ2v) is 4.97. The highest BCUT2D eigenvalue weighted by Crippen LogP contribution is 2.20. The van der Waals surface area contributed by atoms with Crippen molar-refractivity contribution in [3.8, 4) is 0 Å². The van der Waals surface area contributed by atoms with Gasteiger partial charge in [-0.25, -0.2) is 0 Å². The predicted octanol–water partition coefficient (Wildman–Crippen LogP) is 1.70. The molecule has 98 valence electrons. The molecule has 1 heterocycles. The minimum absolute atomic E-state index is 0.218. The van der Waals surface area contributed by atoms with E-state index in [0.717, 1.165) is 37.3 Å². The van der Waals surface area contributed by atoms with Crippen molar-refractivity contribution in [1.29, 1.82) is 0 Å². The number of aryl methyl sites for hydroxylation is 1. The molecule has 18 heavy (non-hydrogen) atoms. The molecule has 0 amide bonds. The van der Waals surface area contributed by atoms with Gasteiger partial charge in [-0.3, -0.25) is 15.0 Å². The molecule has 1 atom stereocenters. The highest BCUT2D eigenvalue weighted by Gasteiger charge is 2.17. The molecule has 5 nitrogen and oxygen atoms in total. The summed E-state index contributed by atoms with van der Waals surface area (Å²) >= 11 is 0. The van der Waals surface area contributed by atoms with Crippen LogP contribution in [-0.4, -0.2) is 35.5 Å². The van der Waals surface area contributed by atoms with Crippen LogP contribution < -0.4 is 5.32 Å². The summed E-state index contributed by atoms with van der Waals surface area (Å²) in [5.74, 6) is 0. The van der Waals surface area contributed by atoms with E-state index in [9.17, 15) is 10.1 Å². The van der Waals surface area contributed by atoms with Gasteiger partial charge in [-0.1, -0.05) is 12.1 Å². The summed E-state index contributed by atoms with van der Waals surface area (Å²) in [6.45, 7) is 7.68. The highest BCUT2D eigenvalue weighted by molar-refractivity contribution is 5.42. The molecule has 1 aromatic rings. The number of benzene rings is 1. The molecule has 5 heteroatoms. The Morgan fingerprint density at radius 2 is 2.33 bits per heavy atom. The second-order valence-electron chi connectivity index (χ2n) is 4.97. The van der Waals surface area contributed by atoms with Crippen molar-refractivity contribution in [3.05, 3.63) is 39.4 Å². The average molecular weight is 249 g/mol. The predicted molar refractivity (Wildman–Crippen MR) is 70.6 cm³/mol. The molecule has 0 saturated carbocycles. The van der Waals surface area contributed by atoms with Crippen LogP contribution in [0.3, 0.4) is 0 Å². The van der Waals surface area contributed by atoms with E-state index in [1.54, 1.807) is 13.0 Å². The third-order valence-electron chi connectivity index (χ3n) is 3.33. The van der Waals surface area contributed by atoms with Gasteiger partial charge in [0.15, 0.2) is 0 Å². The Bertz CT molecular complexity index is 448. The monoisotopic (exact) mass is 249 g/mol. The third kappa shape index (κ3) is 3.05. The van der Waals surface area contributed by atoms with Gasteiger partial charge in [0.05, 0.1) is 4.92 Å². The topological polar surface area (TPSA) is 58.4 Å². The van der Waals surface area contributed by atoms with E-state index in [-0.39, 0.29) is 10.6 Å². The van der Waals surface area contributed by atoms with Crippen LogP contribution in [0.1, 0.15) is 18.1 Å². The lowest BCUT2D eigenvalue weighted by molar-refractivity contribution is -0.385. The summed E-state index contributed by atoms with van der Waals surface area (Å²) < 4.78 is 0. The normalized spacial score (nSPS) is 20.9. The lowest BCUT2D eigenvalue weighted by Crippen LogP contribution is -2.48. The van der Waals surface area contributed by atoms with Crippen LogP contribution in [-0.2, 0) is 6.54 Å². The summed E-state index contributed by atoms with van der Waals surface area (Å²) in [5, 5.41) is 14.3.